The normalized spacial score (nSPS) is 10.3. The van der Waals surface area contributed by atoms with E-state index in [1.807, 2.05) is 31.2 Å². The Balaban J connectivity index is 1.78. The second-order valence-corrected chi connectivity index (χ2v) is 6.30. The first kappa shape index (κ1) is 19.7. The summed E-state index contributed by atoms with van der Waals surface area (Å²) < 4.78 is 15.8. The van der Waals surface area contributed by atoms with Crippen molar-refractivity contribution in [2.24, 2.45) is 0 Å². The van der Waals surface area contributed by atoms with Gasteiger partial charge in [0.2, 0.25) is 5.91 Å². The first-order valence-corrected chi connectivity index (χ1v) is 9.07. The number of benzene rings is 1. The highest BCUT2D eigenvalue weighted by Gasteiger charge is 2.16. The summed E-state index contributed by atoms with van der Waals surface area (Å²) in [5.41, 5.74) is 0.535. The van der Waals surface area contributed by atoms with Crippen LogP contribution in [0.1, 0.15) is 35.1 Å². The monoisotopic (exact) mass is 378 g/mol. The molecule has 2 aromatic rings. The number of esters is 1. The van der Waals surface area contributed by atoms with Gasteiger partial charge < -0.3 is 19.5 Å². The van der Waals surface area contributed by atoms with E-state index < -0.39 is 5.97 Å². The molecule has 0 spiro atoms. The van der Waals surface area contributed by atoms with Crippen LogP contribution < -0.4 is 14.8 Å². The third kappa shape index (κ3) is 5.45. The number of nitrogens with zero attached hydrogens (tertiary/aromatic N) is 1. The number of aromatic nitrogens is 1. The van der Waals surface area contributed by atoms with Gasteiger partial charge in [0, 0.05) is 6.42 Å². The summed E-state index contributed by atoms with van der Waals surface area (Å²) in [7, 11) is 1.31. The van der Waals surface area contributed by atoms with E-state index in [0.717, 1.165) is 11.3 Å². The van der Waals surface area contributed by atoms with Crippen molar-refractivity contribution < 1.29 is 23.8 Å². The van der Waals surface area contributed by atoms with Crippen molar-refractivity contribution in [1.82, 2.24) is 4.98 Å². The molecule has 1 N–H and O–H groups in total. The summed E-state index contributed by atoms with van der Waals surface area (Å²) in [6.07, 6.45) is 0.823. The van der Waals surface area contributed by atoms with Crippen LogP contribution >= 0.6 is 11.3 Å². The lowest BCUT2D eigenvalue weighted by Crippen LogP contribution is -2.12. The first-order valence-electron chi connectivity index (χ1n) is 8.25. The molecule has 0 aliphatic heterocycles. The van der Waals surface area contributed by atoms with Gasteiger partial charge in [0.05, 0.1) is 26.0 Å². The molecule has 0 unspecified atom stereocenters. The molecule has 26 heavy (non-hydrogen) atoms. The summed E-state index contributed by atoms with van der Waals surface area (Å²) in [4.78, 5) is 28.1. The fourth-order valence-electron chi connectivity index (χ4n) is 2.17. The topological polar surface area (TPSA) is 86.8 Å². The highest BCUT2D eigenvalue weighted by molar-refractivity contribution is 7.17. The van der Waals surface area contributed by atoms with Crippen molar-refractivity contribution in [2.45, 2.75) is 26.7 Å². The van der Waals surface area contributed by atoms with Crippen LogP contribution in [0.25, 0.3) is 0 Å². The minimum Gasteiger partial charge on any atom is -0.490 e. The Labute approximate surface area is 156 Å². The van der Waals surface area contributed by atoms with Gasteiger partial charge in [-0.3, -0.25) is 4.79 Å². The maximum absolute atomic E-state index is 12.0. The fraction of sp³-hybridized carbons (Fsp3) is 0.389. The van der Waals surface area contributed by atoms with Crippen molar-refractivity contribution in [3.63, 3.8) is 0 Å². The molecule has 2 rings (SSSR count). The number of anilines is 1. The van der Waals surface area contributed by atoms with Crippen molar-refractivity contribution in [1.29, 1.82) is 0 Å². The molecule has 1 aromatic carbocycles. The van der Waals surface area contributed by atoms with Crippen LogP contribution in [-0.2, 0) is 9.53 Å². The molecule has 0 radical (unpaired) electrons. The zero-order valence-electron chi connectivity index (χ0n) is 15.0. The van der Waals surface area contributed by atoms with Gasteiger partial charge in [0.15, 0.2) is 16.6 Å². The molecule has 0 bridgehead atoms. The highest BCUT2D eigenvalue weighted by Crippen LogP contribution is 2.26. The molecular formula is C18H22N2O5S. The van der Waals surface area contributed by atoms with Crippen molar-refractivity contribution in [3.05, 3.63) is 34.8 Å². The summed E-state index contributed by atoms with van der Waals surface area (Å²) in [5, 5.41) is 3.08. The predicted octanol–water partition coefficient (Wildman–Crippen LogP) is 3.43. The zero-order valence-corrected chi connectivity index (χ0v) is 15.9. The Hall–Kier alpha value is -2.61. The minimum atomic E-state index is -0.457. The van der Waals surface area contributed by atoms with Gasteiger partial charge in [-0.05, 0) is 32.4 Å². The molecule has 140 valence electrons. The predicted molar refractivity (Wildman–Crippen MR) is 99.2 cm³/mol. The second-order valence-electron chi connectivity index (χ2n) is 5.31. The lowest BCUT2D eigenvalue weighted by atomic mass is 10.3. The molecular weight excluding hydrogens is 356 g/mol. The van der Waals surface area contributed by atoms with E-state index in [1.54, 1.807) is 6.92 Å². The molecule has 0 saturated carbocycles. The van der Waals surface area contributed by atoms with Crippen LogP contribution in [0.4, 0.5) is 5.13 Å². The van der Waals surface area contributed by atoms with E-state index in [0.29, 0.717) is 46.8 Å². The molecule has 0 aliphatic carbocycles. The van der Waals surface area contributed by atoms with Gasteiger partial charge in [-0.15, -0.1) is 0 Å². The van der Waals surface area contributed by atoms with Crippen molar-refractivity contribution in [3.8, 4) is 11.5 Å². The van der Waals surface area contributed by atoms with Crippen LogP contribution in [0.3, 0.4) is 0 Å². The number of ether oxygens (including phenoxy) is 3. The average molecular weight is 378 g/mol. The SMILES string of the molecule is CCOc1ccccc1OCCCC(=O)Nc1nc(C)c(C(=O)OC)s1. The lowest BCUT2D eigenvalue weighted by molar-refractivity contribution is -0.116. The quantitative estimate of drug-likeness (QED) is 0.531. The van der Waals surface area contributed by atoms with E-state index in [2.05, 4.69) is 15.0 Å². The number of amides is 1. The van der Waals surface area contributed by atoms with E-state index >= 15 is 0 Å². The molecule has 0 fully saturated rings. The molecule has 0 atom stereocenters. The molecule has 0 saturated heterocycles. The average Bonchev–Trinajstić information content (AvgIpc) is 2.99. The Bertz CT molecular complexity index is 760. The Morgan fingerprint density at radius 2 is 1.88 bits per heavy atom. The maximum atomic E-state index is 12.0. The van der Waals surface area contributed by atoms with Crippen molar-refractivity contribution in [2.75, 3.05) is 25.6 Å². The van der Waals surface area contributed by atoms with E-state index in [9.17, 15) is 9.59 Å². The number of nitrogens with one attached hydrogen (secondary N) is 1. The molecule has 1 amide bonds. The van der Waals surface area contributed by atoms with Crippen LogP contribution in [0, 0.1) is 6.92 Å². The number of thiazole rings is 1. The van der Waals surface area contributed by atoms with E-state index in [4.69, 9.17) is 9.47 Å². The van der Waals surface area contributed by atoms with Crippen LogP contribution in [0.5, 0.6) is 11.5 Å². The second kappa shape index (κ2) is 9.76. The standard InChI is InChI=1S/C18H22N2O5S/c1-4-24-13-8-5-6-9-14(13)25-11-7-10-15(21)20-18-19-12(2)16(26-18)17(22)23-3/h5-6,8-9H,4,7,10-11H2,1-3H3,(H,19,20,21). The molecule has 1 aromatic heterocycles. The van der Waals surface area contributed by atoms with Gasteiger partial charge >= 0.3 is 5.97 Å². The van der Waals surface area contributed by atoms with Gasteiger partial charge in [-0.2, -0.15) is 0 Å². The molecule has 8 heteroatoms. The van der Waals surface area contributed by atoms with Gasteiger partial charge in [0.25, 0.3) is 0 Å². The Morgan fingerprint density at radius 3 is 2.54 bits per heavy atom. The number of aryl methyl sites for hydroxylation is 1. The van der Waals surface area contributed by atoms with E-state index in [-0.39, 0.29) is 12.3 Å². The molecule has 1 heterocycles. The first-order chi connectivity index (χ1) is 12.5. The number of rotatable bonds is 9. The smallest absolute Gasteiger partial charge is 0.350 e. The Morgan fingerprint density at radius 1 is 1.19 bits per heavy atom. The number of carbonyl (C=O) groups excluding carboxylic acids is 2. The van der Waals surface area contributed by atoms with Crippen LogP contribution in [-0.4, -0.2) is 37.2 Å². The third-order valence-electron chi connectivity index (χ3n) is 3.37. The molecule has 7 nitrogen and oxygen atoms in total. The Kier molecular flexibility index (Phi) is 7.40. The summed E-state index contributed by atoms with van der Waals surface area (Å²) >= 11 is 1.10. The largest absolute Gasteiger partial charge is 0.490 e. The number of methoxy groups -OCH3 is 1. The minimum absolute atomic E-state index is 0.183. The number of para-hydroxylation sites is 2. The van der Waals surface area contributed by atoms with E-state index in [1.165, 1.54) is 7.11 Å². The zero-order chi connectivity index (χ0) is 18.9. The fourth-order valence-corrected chi connectivity index (χ4v) is 3.07. The third-order valence-corrected chi connectivity index (χ3v) is 4.42. The number of hydrogen-bond acceptors (Lipinski definition) is 7. The summed E-state index contributed by atoms with van der Waals surface area (Å²) in [6.45, 7) is 4.56. The maximum Gasteiger partial charge on any atom is 0.350 e. The lowest BCUT2D eigenvalue weighted by Gasteiger charge is -2.11. The van der Waals surface area contributed by atoms with Crippen LogP contribution in [0.2, 0.25) is 0 Å². The number of carbonyl (C=O) groups is 2. The summed E-state index contributed by atoms with van der Waals surface area (Å²) in [5.74, 6) is 0.708. The number of hydrogen-bond donors (Lipinski definition) is 1. The van der Waals surface area contributed by atoms with Gasteiger partial charge in [-0.1, -0.05) is 23.5 Å². The van der Waals surface area contributed by atoms with Crippen molar-refractivity contribution >= 4 is 28.3 Å². The van der Waals surface area contributed by atoms with Gasteiger partial charge in [0.1, 0.15) is 4.88 Å². The highest BCUT2D eigenvalue weighted by atomic mass is 32.1. The molecule has 0 aliphatic rings. The van der Waals surface area contributed by atoms with Crippen LogP contribution in [0.15, 0.2) is 24.3 Å². The summed E-state index contributed by atoms with van der Waals surface area (Å²) in [6, 6.07) is 7.42. The van der Waals surface area contributed by atoms with Gasteiger partial charge in [-0.25, -0.2) is 9.78 Å².